The highest BCUT2D eigenvalue weighted by Gasteiger charge is 2.50. The van der Waals surface area contributed by atoms with Gasteiger partial charge < -0.3 is 19.3 Å². The van der Waals surface area contributed by atoms with E-state index in [-0.39, 0.29) is 11.6 Å². The van der Waals surface area contributed by atoms with E-state index in [1.807, 2.05) is 72.8 Å². The average Bonchev–Trinajstić information content (AvgIpc) is 1.53. The molecule has 142 heavy (non-hydrogen) atoms. The number of rotatable bonds is 32. The smallest absolute Gasteiger partial charge is 0.127 e. The zero-order valence-corrected chi connectivity index (χ0v) is 81.8. The maximum atomic E-state index is 14.5. The second-order valence-corrected chi connectivity index (χ2v) is 38.6. The van der Waals surface area contributed by atoms with Crippen LogP contribution in [0.5, 0.6) is 17.2 Å². The van der Waals surface area contributed by atoms with E-state index in [1.165, 1.54) is 154 Å². The third-order valence-electron chi connectivity index (χ3n) is 29.5. The summed E-state index contributed by atoms with van der Waals surface area (Å²) in [6, 6.07) is 144. The van der Waals surface area contributed by atoms with Crippen molar-refractivity contribution in [2.75, 3.05) is 9.80 Å². The quantitative estimate of drug-likeness (QED) is 0.0392. The second-order valence-electron chi connectivity index (χ2n) is 38.6. The molecule has 6 heteroatoms. The third kappa shape index (κ3) is 18.1. The van der Waals surface area contributed by atoms with Crippen LogP contribution in [-0.2, 0) is 23.7 Å². The molecule has 696 valence electrons. The number of fused-ring (bicyclic) bond motifs is 6. The molecule has 3 aliphatic carbocycles. The van der Waals surface area contributed by atoms with Crippen molar-refractivity contribution in [3.8, 4) is 106 Å². The minimum absolute atomic E-state index is 0.258. The zero-order chi connectivity index (χ0) is 97.0. The van der Waals surface area contributed by atoms with E-state index in [9.17, 15) is 8.78 Å². The van der Waals surface area contributed by atoms with Crippen molar-refractivity contribution in [2.45, 2.75) is 129 Å². The molecule has 0 N–H and O–H groups in total. The summed E-state index contributed by atoms with van der Waals surface area (Å²) in [5.41, 5.74) is 42.1. The number of halogens is 2. The number of aryl methyl sites for hydroxylation is 6. The molecule has 0 bridgehead atoms. The fourth-order valence-corrected chi connectivity index (χ4v) is 22.4. The Labute approximate surface area is 836 Å². The molecule has 0 aromatic heterocycles. The highest BCUT2D eigenvalue weighted by atomic mass is 19.1. The first kappa shape index (κ1) is 92.3. The molecule has 0 amide bonds. The number of unbranched alkanes of at least 4 members (excludes halogenated alkanes) is 6. The number of ether oxygens (including phenoxy) is 2. The van der Waals surface area contributed by atoms with Crippen LogP contribution >= 0.6 is 0 Å². The van der Waals surface area contributed by atoms with Gasteiger partial charge >= 0.3 is 0 Å². The van der Waals surface area contributed by atoms with E-state index in [1.54, 1.807) is 0 Å². The molecule has 0 fully saturated rings. The molecule has 2 atom stereocenters. The highest BCUT2D eigenvalue weighted by Crippen LogP contribution is 2.62. The van der Waals surface area contributed by atoms with Gasteiger partial charge in [0.25, 0.3) is 0 Å². The highest BCUT2D eigenvalue weighted by molar-refractivity contribution is 5.94. The van der Waals surface area contributed by atoms with E-state index in [4.69, 9.17) is 9.47 Å². The Morgan fingerprint density at radius 3 is 1.11 bits per heavy atom. The molecular weight excluding hydrogens is 1730 g/mol. The van der Waals surface area contributed by atoms with Gasteiger partial charge in [0.15, 0.2) is 0 Å². The number of allylic oxidation sites excluding steroid dienone is 4. The van der Waals surface area contributed by atoms with Gasteiger partial charge in [0.05, 0.1) is 10.8 Å². The lowest BCUT2D eigenvalue weighted by molar-refractivity contribution is 0.398. The molecule has 0 saturated heterocycles. The zero-order valence-electron chi connectivity index (χ0n) is 81.8. The fraction of sp³-hybridized carbons (Fsp3) is 0.147. The molecule has 18 aromatic carbocycles. The molecule has 0 saturated carbocycles. The van der Waals surface area contributed by atoms with Crippen LogP contribution in [0.15, 0.2) is 437 Å². The minimum atomic E-state index is -0.755. The van der Waals surface area contributed by atoms with E-state index in [2.05, 4.69) is 392 Å². The van der Waals surface area contributed by atoms with E-state index >= 15 is 0 Å². The standard InChI is InChI=1S/C136H116F2N2O2/c1-9-13-15-17-27-107-87-128(100-55-67-114(68-56-100)140(116-36-26-34-106(86-116)104-32-24-30-102(84-104)98-51-63-112(138)64-52-98)118-70-80-126-124-38-20-22-40-130(124)136(134(126)90-118,132-82-92(6)42-44-94(132)8)110-59-77-122(78-60-110)142-120-73-47-96(12-4)48-74-120)108(28-18-16-14-10-2)88-127(107)99-53-65-113(66-54-99)139(115-35-25-33-105(85-115)103-31-23-29-101(83-103)97-49-61-111(137)62-50-97)117-69-79-125-123-37-19-21-39-129(123)135(133(125)89-117,131-81-91(5)41-43-93(131)7)109-57-75-121(76-58-109)141-119-71-45-95(11-3)46-72-119/h11-12,19-26,29-59,61-77,79-90H,3-4,9-10,13-18,27-28,60,78H2,1-2,5-8H3. The Morgan fingerprint density at radius 1 is 0.282 bits per heavy atom. The van der Waals surface area contributed by atoms with Crippen molar-refractivity contribution in [1.82, 2.24) is 0 Å². The normalized spacial score (nSPS) is 14.3. The lowest BCUT2D eigenvalue weighted by atomic mass is 9.64. The molecule has 21 rings (SSSR count). The van der Waals surface area contributed by atoms with Gasteiger partial charge in [-0.15, -0.1) is 0 Å². The molecule has 2 unspecified atom stereocenters. The second kappa shape index (κ2) is 40.4. The first-order valence-electron chi connectivity index (χ1n) is 50.5. The van der Waals surface area contributed by atoms with Gasteiger partial charge in [0.2, 0.25) is 0 Å². The van der Waals surface area contributed by atoms with Crippen LogP contribution in [0.2, 0.25) is 0 Å². The largest absolute Gasteiger partial charge is 0.462 e. The number of hydrogen-bond donors (Lipinski definition) is 0. The van der Waals surface area contributed by atoms with Crippen molar-refractivity contribution in [1.29, 1.82) is 0 Å². The Balaban J connectivity index is 0.700. The van der Waals surface area contributed by atoms with Crippen LogP contribution in [-0.4, -0.2) is 0 Å². The summed E-state index contributed by atoms with van der Waals surface area (Å²) in [6.45, 7) is 21.6. The Morgan fingerprint density at radius 2 is 0.662 bits per heavy atom. The molecular formula is C136H116F2N2O2. The van der Waals surface area contributed by atoms with Gasteiger partial charge in [-0.3, -0.25) is 0 Å². The van der Waals surface area contributed by atoms with Crippen LogP contribution in [0.3, 0.4) is 0 Å². The SMILES string of the molecule is C=Cc1ccc(OC2=CC=C(C3(c4cc(C)ccc4C)c4ccccc4-c4ccc(N(c5ccc(-c6cc(CCCCCC)c(-c7ccc(N(c8cccc(-c9cccc(-c%10ccc(F)cc%10)c9)c8)c8ccc9c(c8)C(c8ccc(Oc%10ccc(C=C)cc%10)cc8)(c8cc(C)ccc8C)c8ccccc8-9)cc7)cc6CCCCCC)cc5)c5cccc(-c6cccc(-c7ccc(F)cc7)c6)c5)cc43)CC2)cc1. The van der Waals surface area contributed by atoms with Crippen LogP contribution in [0, 0.1) is 39.3 Å². The summed E-state index contributed by atoms with van der Waals surface area (Å²) >= 11 is 0. The van der Waals surface area contributed by atoms with E-state index in [0.29, 0.717) is 0 Å². The Bertz CT molecular complexity index is 7820. The molecule has 0 spiro atoms. The summed E-state index contributed by atoms with van der Waals surface area (Å²) in [4.78, 5) is 4.94. The van der Waals surface area contributed by atoms with Crippen LogP contribution in [0.25, 0.3) is 101 Å². The summed E-state index contributed by atoms with van der Waals surface area (Å²) in [5, 5.41) is 0. The summed E-state index contributed by atoms with van der Waals surface area (Å²) < 4.78 is 42.4. The van der Waals surface area contributed by atoms with Gasteiger partial charge in [0.1, 0.15) is 34.6 Å². The molecule has 18 aromatic rings. The first-order chi connectivity index (χ1) is 69.6. The maximum Gasteiger partial charge on any atom is 0.127 e. The Hall–Kier alpha value is -16.0. The third-order valence-corrected chi connectivity index (χ3v) is 29.5. The van der Waals surface area contributed by atoms with Crippen molar-refractivity contribution < 1.29 is 18.3 Å². The van der Waals surface area contributed by atoms with Gasteiger partial charge in [-0.1, -0.05) is 355 Å². The molecule has 0 aliphatic heterocycles. The van der Waals surface area contributed by atoms with Crippen molar-refractivity contribution in [3.63, 3.8) is 0 Å². The topological polar surface area (TPSA) is 24.9 Å². The van der Waals surface area contributed by atoms with Crippen molar-refractivity contribution in [3.05, 3.63) is 532 Å². The monoisotopic (exact) mass is 1850 g/mol. The van der Waals surface area contributed by atoms with Crippen molar-refractivity contribution >= 4 is 46.3 Å². The molecule has 3 aliphatic rings. The average molecular weight is 1850 g/mol. The molecule has 0 heterocycles. The predicted octanol–water partition coefficient (Wildman–Crippen LogP) is 37.8. The summed E-state index contributed by atoms with van der Waals surface area (Å²) in [7, 11) is 0. The first-order valence-corrected chi connectivity index (χ1v) is 50.5. The van der Waals surface area contributed by atoms with Gasteiger partial charge in [0, 0.05) is 40.5 Å². The lowest BCUT2D eigenvalue weighted by Crippen LogP contribution is -2.32. The fourth-order valence-electron chi connectivity index (χ4n) is 22.4. The number of benzene rings is 18. The molecule has 0 radical (unpaired) electrons. The molecule has 4 nitrogen and oxygen atoms in total. The maximum absolute atomic E-state index is 14.5. The van der Waals surface area contributed by atoms with Gasteiger partial charge in [-0.05, 0) is 373 Å². The minimum Gasteiger partial charge on any atom is -0.462 e. The predicted molar refractivity (Wildman–Crippen MR) is 591 cm³/mol. The number of nitrogens with zero attached hydrogens (tertiary/aromatic N) is 2. The van der Waals surface area contributed by atoms with Crippen LogP contribution in [0.4, 0.5) is 42.9 Å². The number of hydrogen-bond acceptors (Lipinski definition) is 4. The van der Waals surface area contributed by atoms with Gasteiger partial charge in [-0.2, -0.15) is 0 Å². The summed E-state index contributed by atoms with van der Waals surface area (Å²) in [6.07, 6.45) is 20.7. The van der Waals surface area contributed by atoms with Crippen LogP contribution < -0.4 is 19.3 Å². The van der Waals surface area contributed by atoms with E-state index in [0.717, 1.165) is 183 Å². The lowest BCUT2D eigenvalue weighted by Gasteiger charge is -2.39. The number of anilines is 6. The van der Waals surface area contributed by atoms with Crippen LogP contribution in [0.1, 0.15) is 162 Å². The van der Waals surface area contributed by atoms with Gasteiger partial charge in [-0.25, -0.2) is 8.78 Å². The Kier molecular flexibility index (Phi) is 26.3. The summed E-state index contributed by atoms with van der Waals surface area (Å²) in [5.74, 6) is 2.73. The van der Waals surface area contributed by atoms with Crippen molar-refractivity contribution in [2.24, 2.45) is 0 Å². The van der Waals surface area contributed by atoms with E-state index < -0.39 is 10.8 Å².